The monoisotopic (exact) mass is 375 g/mol. The molecule has 0 aliphatic carbocycles. The van der Waals surface area contributed by atoms with E-state index in [4.69, 9.17) is 9.72 Å². The van der Waals surface area contributed by atoms with Crippen LogP contribution in [0.5, 0.6) is 5.75 Å². The minimum atomic E-state index is 0.160. The van der Waals surface area contributed by atoms with E-state index in [-0.39, 0.29) is 5.54 Å². The number of likely N-dealkylation sites (tertiary alicyclic amines) is 1. The number of nitrogens with zero attached hydrogens (tertiary/aromatic N) is 2. The van der Waals surface area contributed by atoms with Crippen molar-refractivity contribution < 1.29 is 4.74 Å². The summed E-state index contributed by atoms with van der Waals surface area (Å²) in [6.07, 6.45) is 2.39. The number of H-pyrrole nitrogens is 1. The van der Waals surface area contributed by atoms with Crippen LogP contribution in [0.3, 0.4) is 0 Å². The topological polar surface area (TPSA) is 41.2 Å². The molecule has 122 valence electrons. The SMILES string of the molecule is CC(C)(C)N1CCC[C@H]1c1nc2c([nH]1)COc1cc(Br)ccc1-2. The van der Waals surface area contributed by atoms with E-state index in [1.165, 1.54) is 6.42 Å². The van der Waals surface area contributed by atoms with Gasteiger partial charge in [0.25, 0.3) is 0 Å². The summed E-state index contributed by atoms with van der Waals surface area (Å²) in [4.78, 5) is 11.1. The molecule has 23 heavy (non-hydrogen) atoms. The van der Waals surface area contributed by atoms with Crippen molar-refractivity contribution in [1.29, 1.82) is 0 Å². The van der Waals surface area contributed by atoms with Crippen molar-refractivity contribution in [2.24, 2.45) is 0 Å². The highest BCUT2D eigenvalue weighted by molar-refractivity contribution is 9.10. The Morgan fingerprint density at radius 3 is 2.96 bits per heavy atom. The third-order valence-electron chi connectivity index (χ3n) is 4.80. The molecule has 1 saturated heterocycles. The average molecular weight is 376 g/mol. The van der Waals surface area contributed by atoms with Crippen molar-refractivity contribution >= 4 is 15.9 Å². The van der Waals surface area contributed by atoms with Crippen molar-refractivity contribution in [2.75, 3.05) is 6.54 Å². The molecule has 0 radical (unpaired) electrons. The zero-order chi connectivity index (χ0) is 16.2. The van der Waals surface area contributed by atoms with Crippen LogP contribution in [0.4, 0.5) is 0 Å². The Bertz CT molecular complexity index is 747. The van der Waals surface area contributed by atoms with E-state index in [0.29, 0.717) is 12.6 Å². The standard InChI is InChI=1S/C18H22BrN3O/c1-18(2,3)22-8-4-5-14(22)17-20-13-10-23-15-9-11(19)6-7-12(15)16(13)21-17/h6-7,9,14H,4-5,8,10H2,1-3H3,(H,20,21)/t14-/m0/s1. The molecule has 4 nitrogen and oxygen atoms in total. The largest absolute Gasteiger partial charge is 0.487 e. The Morgan fingerprint density at radius 2 is 2.17 bits per heavy atom. The molecule has 3 heterocycles. The highest BCUT2D eigenvalue weighted by Crippen LogP contribution is 2.41. The number of rotatable bonds is 1. The van der Waals surface area contributed by atoms with Crippen LogP contribution in [0.1, 0.15) is 51.2 Å². The van der Waals surface area contributed by atoms with E-state index in [1.807, 2.05) is 12.1 Å². The highest BCUT2D eigenvalue weighted by atomic mass is 79.9. The van der Waals surface area contributed by atoms with E-state index >= 15 is 0 Å². The lowest BCUT2D eigenvalue weighted by atomic mass is 10.0. The second-order valence-corrected chi connectivity index (χ2v) is 8.32. The van der Waals surface area contributed by atoms with Gasteiger partial charge in [-0.05, 0) is 58.4 Å². The fourth-order valence-electron chi connectivity index (χ4n) is 3.73. The number of halogens is 1. The minimum Gasteiger partial charge on any atom is -0.487 e. The summed E-state index contributed by atoms with van der Waals surface area (Å²) in [6, 6.07) is 6.52. The number of hydrogen-bond acceptors (Lipinski definition) is 3. The second-order valence-electron chi connectivity index (χ2n) is 7.40. The van der Waals surface area contributed by atoms with Gasteiger partial charge in [-0.2, -0.15) is 0 Å². The number of ether oxygens (including phenoxy) is 1. The number of nitrogens with one attached hydrogen (secondary N) is 1. The Kier molecular flexibility index (Phi) is 3.54. The third kappa shape index (κ3) is 2.60. The maximum Gasteiger partial charge on any atom is 0.130 e. The van der Waals surface area contributed by atoms with Crippen LogP contribution in [-0.4, -0.2) is 27.0 Å². The number of hydrogen-bond donors (Lipinski definition) is 1. The molecule has 1 aromatic carbocycles. The van der Waals surface area contributed by atoms with Gasteiger partial charge >= 0.3 is 0 Å². The first kappa shape index (κ1) is 15.2. The first-order valence-electron chi connectivity index (χ1n) is 8.22. The summed E-state index contributed by atoms with van der Waals surface area (Å²) in [5, 5.41) is 0. The number of fused-ring (bicyclic) bond motifs is 3. The van der Waals surface area contributed by atoms with Crippen molar-refractivity contribution in [3.05, 3.63) is 34.2 Å². The maximum absolute atomic E-state index is 5.89. The zero-order valence-corrected chi connectivity index (χ0v) is 15.4. The van der Waals surface area contributed by atoms with Crippen molar-refractivity contribution in [3.8, 4) is 17.0 Å². The Labute approximate surface area is 145 Å². The third-order valence-corrected chi connectivity index (χ3v) is 5.29. The van der Waals surface area contributed by atoms with E-state index in [0.717, 1.165) is 46.0 Å². The van der Waals surface area contributed by atoms with Gasteiger partial charge in [0.1, 0.15) is 18.2 Å². The van der Waals surface area contributed by atoms with Gasteiger partial charge in [0.2, 0.25) is 0 Å². The van der Waals surface area contributed by atoms with E-state index in [9.17, 15) is 0 Å². The average Bonchev–Trinajstić information content (AvgIpc) is 3.12. The van der Waals surface area contributed by atoms with Crippen LogP contribution in [0.15, 0.2) is 22.7 Å². The van der Waals surface area contributed by atoms with Gasteiger partial charge in [-0.3, -0.25) is 4.90 Å². The fraction of sp³-hybridized carbons (Fsp3) is 0.500. The van der Waals surface area contributed by atoms with Gasteiger partial charge in [0, 0.05) is 15.6 Å². The number of aromatic amines is 1. The zero-order valence-electron chi connectivity index (χ0n) is 13.8. The van der Waals surface area contributed by atoms with Gasteiger partial charge < -0.3 is 9.72 Å². The highest BCUT2D eigenvalue weighted by Gasteiger charge is 2.36. The smallest absolute Gasteiger partial charge is 0.130 e. The van der Waals surface area contributed by atoms with E-state index < -0.39 is 0 Å². The van der Waals surface area contributed by atoms with Crippen LogP contribution in [0, 0.1) is 0 Å². The molecule has 1 fully saturated rings. The molecule has 5 heteroatoms. The molecule has 2 aliphatic rings. The first-order valence-corrected chi connectivity index (χ1v) is 9.01. The van der Waals surface area contributed by atoms with Crippen LogP contribution < -0.4 is 4.74 Å². The molecule has 0 saturated carbocycles. The van der Waals surface area contributed by atoms with Crippen molar-refractivity contribution in [2.45, 2.75) is 51.8 Å². The summed E-state index contributed by atoms with van der Waals surface area (Å²) in [6.45, 7) is 8.55. The van der Waals surface area contributed by atoms with Gasteiger partial charge in [0.15, 0.2) is 0 Å². The summed E-state index contributed by atoms with van der Waals surface area (Å²) in [5.74, 6) is 1.99. The molecule has 4 rings (SSSR count). The number of imidazole rings is 1. The lowest BCUT2D eigenvalue weighted by Gasteiger charge is -2.36. The molecule has 2 aromatic rings. The van der Waals surface area contributed by atoms with Crippen molar-refractivity contribution in [3.63, 3.8) is 0 Å². The molecule has 1 atom stereocenters. The van der Waals surface area contributed by atoms with E-state index in [1.54, 1.807) is 0 Å². The van der Waals surface area contributed by atoms with Crippen LogP contribution in [0.25, 0.3) is 11.3 Å². The van der Waals surface area contributed by atoms with Crippen LogP contribution in [-0.2, 0) is 6.61 Å². The number of benzene rings is 1. The normalized spacial score (nSPS) is 21.0. The minimum absolute atomic E-state index is 0.160. The number of aromatic nitrogens is 2. The molecule has 0 spiro atoms. The predicted molar refractivity (Wildman–Crippen MR) is 94.5 cm³/mol. The van der Waals surface area contributed by atoms with Gasteiger partial charge in [-0.1, -0.05) is 15.9 Å². The lowest BCUT2D eigenvalue weighted by molar-refractivity contribution is 0.117. The predicted octanol–water partition coefficient (Wildman–Crippen LogP) is 4.67. The summed E-state index contributed by atoms with van der Waals surface area (Å²) < 4.78 is 6.92. The molecular weight excluding hydrogens is 354 g/mol. The van der Waals surface area contributed by atoms with Crippen LogP contribution >= 0.6 is 15.9 Å². The van der Waals surface area contributed by atoms with Gasteiger partial charge in [0.05, 0.1) is 17.4 Å². The molecule has 1 aromatic heterocycles. The quantitative estimate of drug-likeness (QED) is 0.787. The Hall–Kier alpha value is -1.33. The molecular formula is C18H22BrN3O. The summed E-state index contributed by atoms with van der Waals surface area (Å²) >= 11 is 3.50. The summed E-state index contributed by atoms with van der Waals surface area (Å²) in [5.41, 5.74) is 3.38. The maximum atomic E-state index is 5.89. The van der Waals surface area contributed by atoms with Crippen LogP contribution in [0.2, 0.25) is 0 Å². The Balaban J connectivity index is 1.73. The Morgan fingerprint density at radius 1 is 1.35 bits per heavy atom. The van der Waals surface area contributed by atoms with Gasteiger partial charge in [-0.25, -0.2) is 4.98 Å². The molecule has 1 N–H and O–H groups in total. The lowest BCUT2D eigenvalue weighted by Crippen LogP contribution is -2.40. The second kappa shape index (κ2) is 5.35. The summed E-state index contributed by atoms with van der Waals surface area (Å²) in [7, 11) is 0. The molecule has 0 unspecified atom stereocenters. The molecule has 0 bridgehead atoms. The van der Waals surface area contributed by atoms with Crippen molar-refractivity contribution in [1.82, 2.24) is 14.9 Å². The molecule has 2 aliphatic heterocycles. The fourth-order valence-corrected chi connectivity index (χ4v) is 4.07. The van der Waals surface area contributed by atoms with Gasteiger partial charge in [-0.15, -0.1) is 0 Å². The first-order chi connectivity index (χ1) is 10.9. The molecule has 0 amide bonds. The van der Waals surface area contributed by atoms with E-state index in [2.05, 4.69) is 52.7 Å².